The molecule has 4 nitrogen and oxygen atoms in total. The van der Waals surface area contributed by atoms with Crippen molar-refractivity contribution in [1.82, 2.24) is 9.88 Å². The van der Waals surface area contributed by atoms with Crippen molar-refractivity contribution in [2.24, 2.45) is 0 Å². The number of halogens is 1. The molecule has 6 heteroatoms. The Morgan fingerprint density at radius 2 is 2.23 bits per heavy atom. The number of hydrogen-bond donors (Lipinski definition) is 1. The zero-order valence-electron chi connectivity index (χ0n) is 12.4. The monoisotopic (exact) mass is 337 g/mol. The van der Waals surface area contributed by atoms with Crippen molar-refractivity contribution in [3.8, 4) is 0 Å². The van der Waals surface area contributed by atoms with Gasteiger partial charge in [-0.05, 0) is 30.0 Å². The lowest BCUT2D eigenvalue weighted by Crippen LogP contribution is -2.53. The highest BCUT2D eigenvalue weighted by Gasteiger charge is 2.28. The topological polar surface area (TPSA) is 39.6 Å². The molecule has 0 amide bonds. The molecule has 118 valence electrons. The van der Waals surface area contributed by atoms with E-state index in [9.17, 15) is 5.11 Å². The summed E-state index contributed by atoms with van der Waals surface area (Å²) < 4.78 is 0. The van der Waals surface area contributed by atoms with Crippen molar-refractivity contribution < 1.29 is 5.11 Å². The molecule has 3 heterocycles. The van der Waals surface area contributed by atoms with E-state index in [1.54, 1.807) is 17.5 Å². The van der Waals surface area contributed by atoms with Gasteiger partial charge in [-0.2, -0.15) is 0 Å². The standard InChI is InChI=1S/C16H20ClN3OS/c17-15-4-1-6-18-16(15)20-8-7-19(13(11-20)5-9-21)12-14-3-2-10-22-14/h1-4,6,10,13,21H,5,7-9,11-12H2/t13-/m1/s1. The number of rotatable bonds is 5. The van der Waals surface area contributed by atoms with E-state index < -0.39 is 0 Å². The normalized spacial score (nSPS) is 19.5. The van der Waals surface area contributed by atoms with Gasteiger partial charge in [-0.25, -0.2) is 4.98 Å². The van der Waals surface area contributed by atoms with Crippen molar-refractivity contribution in [3.05, 3.63) is 45.7 Å². The molecule has 0 radical (unpaired) electrons. The highest BCUT2D eigenvalue weighted by Crippen LogP contribution is 2.26. The summed E-state index contributed by atoms with van der Waals surface area (Å²) >= 11 is 8.05. The second kappa shape index (κ2) is 7.42. The second-order valence-corrected chi connectivity index (χ2v) is 6.91. The Morgan fingerprint density at radius 1 is 1.32 bits per heavy atom. The van der Waals surface area contributed by atoms with E-state index in [1.807, 2.05) is 12.1 Å². The first-order chi connectivity index (χ1) is 10.8. The van der Waals surface area contributed by atoms with Crippen LogP contribution in [0.5, 0.6) is 0 Å². The summed E-state index contributed by atoms with van der Waals surface area (Å²) in [4.78, 5) is 10.5. The number of aliphatic hydroxyl groups is 1. The van der Waals surface area contributed by atoms with Gasteiger partial charge in [-0.3, -0.25) is 4.90 Å². The first-order valence-corrected chi connectivity index (χ1v) is 8.76. The minimum absolute atomic E-state index is 0.204. The molecule has 0 aromatic carbocycles. The molecule has 1 fully saturated rings. The molecule has 0 aliphatic carbocycles. The van der Waals surface area contributed by atoms with Crippen LogP contribution in [0.2, 0.25) is 5.02 Å². The summed E-state index contributed by atoms with van der Waals surface area (Å²) in [6, 6.07) is 8.31. The molecule has 1 aliphatic rings. The molecule has 0 bridgehead atoms. The highest BCUT2D eigenvalue weighted by molar-refractivity contribution is 7.09. The van der Waals surface area contributed by atoms with Crippen molar-refractivity contribution in [2.45, 2.75) is 19.0 Å². The SMILES string of the molecule is OCC[C@@H]1CN(c2ncccc2Cl)CCN1Cc1cccs1. The lowest BCUT2D eigenvalue weighted by molar-refractivity contribution is 0.136. The van der Waals surface area contributed by atoms with Crippen LogP contribution < -0.4 is 4.90 Å². The maximum absolute atomic E-state index is 9.39. The number of nitrogens with zero attached hydrogens (tertiary/aromatic N) is 3. The van der Waals surface area contributed by atoms with Crippen molar-refractivity contribution in [3.63, 3.8) is 0 Å². The largest absolute Gasteiger partial charge is 0.396 e. The van der Waals surface area contributed by atoms with Gasteiger partial charge in [0.15, 0.2) is 0 Å². The maximum Gasteiger partial charge on any atom is 0.147 e. The molecule has 2 aromatic rings. The third-order valence-electron chi connectivity index (χ3n) is 4.04. The van der Waals surface area contributed by atoms with E-state index in [4.69, 9.17) is 11.6 Å². The van der Waals surface area contributed by atoms with E-state index >= 15 is 0 Å². The van der Waals surface area contributed by atoms with E-state index in [1.165, 1.54) is 4.88 Å². The van der Waals surface area contributed by atoms with Gasteiger partial charge in [-0.1, -0.05) is 17.7 Å². The van der Waals surface area contributed by atoms with E-state index in [0.717, 1.165) is 38.4 Å². The predicted molar refractivity (Wildman–Crippen MR) is 91.7 cm³/mol. The average Bonchev–Trinajstić information content (AvgIpc) is 3.03. The summed E-state index contributed by atoms with van der Waals surface area (Å²) in [6.07, 6.45) is 2.55. The number of piperazine rings is 1. The molecular formula is C16H20ClN3OS. The summed E-state index contributed by atoms with van der Waals surface area (Å²) in [5, 5.41) is 12.2. The van der Waals surface area contributed by atoms with Gasteiger partial charge in [0.2, 0.25) is 0 Å². The fraction of sp³-hybridized carbons (Fsp3) is 0.438. The molecule has 1 atom stereocenters. The predicted octanol–water partition coefficient (Wildman–Crippen LogP) is 2.87. The highest BCUT2D eigenvalue weighted by atomic mass is 35.5. The van der Waals surface area contributed by atoms with Gasteiger partial charge in [0.05, 0.1) is 5.02 Å². The molecule has 0 unspecified atom stereocenters. The number of aliphatic hydroxyl groups excluding tert-OH is 1. The number of anilines is 1. The maximum atomic E-state index is 9.39. The molecule has 1 N–H and O–H groups in total. The van der Waals surface area contributed by atoms with Crippen LogP contribution >= 0.6 is 22.9 Å². The van der Waals surface area contributed by atoms with Crippen molar-refractivity contribution in [1.29, 1.82) is 0 Å². The number of pyridine rings is 1. The Bertz CT molecular complexity index is 593. The quantitative estimate of drug-likeness (QED) is 0.910. The van der Waals surface area contributed by atoms with Crippen molar-refractivity contribution >= 4 is 28.8 Å². The number of hydrogen-bond acceptors (Lipinski definition) is 5. The van der Waals surface area contributed by atoms with Crippen LogP contribution in [0, 0.1) is 0 Å². The zero-order valence-corrected chi connectivity index (χ0v) is 13.9. The first-order valence-electron chi connectivity index (χ1n) is 7.50. The Morgan fingerprint density at radius 3 is 2.95 bits per heavy atom. The Labute approximate surface area is 140 Å². The molecular weight excluding hydrogens is 318 g/mol. The van der Waals surface area contributed by atoms with Crippen LogP contribution in [0.1, 0.15) is 11.3 Å². The molecule has 1 aliphatic heterocycles. The average molecular weight is 338 g/mol. The third-order valence-corrected chi connectivity index (χ3v) is 5.20. The smallest absolute Gasteiger partial charge is 0.147 e. The molecule has 0 saturated carbocycles. The lowest BCUT2D eigenvalue weighted by Gasteiger charge is -2.42. The minimum Gasteiger partial charge on any atom is -0.396 e. The number of thiophene rings is 1. The minimum atomic E-state index is 0.204. The molecule has 3 rings (SSSR count). The van der Waals surface area contributed by atoms with Crippen LogP contribution in [-0.4, -0.2) is 47.3 Å². The van der Waals surface area contributed by atoms with Gasteiger partial charge < -0.3 is 10.0 Å². The molecule has 22 heavy (non-hydrogen) atoms. The number of aromatic nitrogens is 1. The lowest BCUT2D eigenvalue weighted by atomic mass is 10.1. The van der Waals surface area contributed by atoms with Gasteiger partial charge in [0.1, 0.15) is 5.82 Å². The summed E-state index contributed by atoms with van der Waals surface area (Å²) in [5.41, 5.74) is 0. The molecule has 1 saturated heterocycles. The Kier molecular flexibility index (Phi) is 5.31. The Hall–Kier alpha value is -1.14. The second-order valence-electron chi connectivity index (χ2n) is 5.47. The van der Waals surface area contributed by atoms with E-state index in [0.29, 0.717) is 11.1 Å². The molecule has 2 aromatic heterocycles. The van der Waals surface area contributed by atoms with Crippen LogP contribution in [0.4, 0.5) is 5.82 Å². The van der Waals surface area contributed by atoms with Crippen molar-refractivity contribution in [2.75, 3.05) is 31.1 Å². The van der Waals surface area contributed by atoms with Gasteiger partial charge in [-0.15, -0.1) is 11.3 Å². The zero-order chi connectivity index (χ0) is 15.4. The van der Waals surface area contributed by atoms with Crippen LogP contribution in [-0.2, 0) is 6.54 Å². The van der Waals surface area contributed by atoms with E-state index in [-0.39, 0.29) is 6.61 Å². The van der Waals surface area contributed by atoms with Gasteiger partial charge in [0, 0.05) is 49.9 Å². The van der Waals surface area contributed by atoms with Gasteiger partial charge in [0.25, 0.3) is 0 Å². The van der Waals surface area contributed by atoms with Crippen LogP contribution in [0.25, 0.3) is 0 Å². The van der Waals surface area contributed by atoms with Gasteiger partial charge >= 0.3 is 0 Å². The first kappa shape index (κ1) is 15.7. The van der Waals surface area contributed by atoms with E-state index in [2.05, 4.69) is 32.3 Å². The fourth-order valence-corrected chi connectivity index (χ4v) is 3.90. The summed E-state index contributed by atoms with van der Waals surface area (Å²) in [7, 11) is 0. The fourth-order valence-electron chi connectivity index (χ4n) is 2.93. The summed E-state index contributed by atoms with van der Waals surface area (Å²) in [5.74, 6) is 0.850. The summed E-state index contributed by atoms with van der Waals surface area (Å²) in [6.45, 7) is 3.86. The van der Waals surface area contributed by atoms with Crippen LogP contribution in [0.3, 0.4) is 0 Å². The Balaban J connectivity index is 1.71. The third kappa shape index (κ3) is 3.60. The molecule has 0 spiro atoms. The van der Waals surface area contributed by atoms with Crippen LogP contribution in [0.15, 0.2) is 35.8 Å².